The number of halogens is 1. The Morgan fingerprint density at radius 3 is 2.36 bits per heavy atom. The van der Waals surface area contributed by atoms with Gasteiger partial charge in [-0.15, -0.1) is 11.3 Å². The fraction of sp³-hybridized carbons (Fsp3) is 0.133. The lowest BCUT2D eigenvalue weighted by Gasteiger charge is -2.25. The molecular formula is C30H24ClNO6S. The van der Waals surface area contributed by atoms with Gasteiger partial charge in [-0.3, -0.25) is 9.59 Å². The van der Waals surface area contributed by atoms with Crippen molar-refractivity contribution < 1.29 is 28.9 Å². The second-order valence-corrected chi connectivity index (χ2v) is 10.1. The average molecular weight is 562 g/mol. The van der Waals surface area contributed by atoms with Crippen molar-refractivity contribution >= 4 is 40.4 Å². The van der Waals surface area contributed by atoms with Gasteiger partial charge in [0, 0.05) is 10.9 Å². The van der Waals surface area contributed by atoms with E-state index in [-0.39, 0.29) is 28.5 Å². The van der Waals surface area contributed by atoms with Crippen LogP contribution in [-0.2, 0) is 16.1 Å². The van der Waals surface area contributed by atoms with Crippen molar-refractivity contribution in [3.63, 3.8) is 0 Å². The number of ether oxygens (including phenoxy) is 3. The van der Waals surface area contributed by atoms with E-state index in [2.05, 4.69) is 0 Å². The summed E-state index contributed by atoms with van der Waals surface area (Å²) in [5, 5.41) is 13.7. The maximum atomic E-state index is 13.5. The zero-order valence-electron chi connectivity index (χ0n) is 21.1. The van der Waals surface area contributed by atoms with Crippen molar-refractivity contribution in [2.24, 2.45) is 0 Å². The minimum atomic E-state index is -0.892. The highest BCUT2D eigenvalue weighted by Crippen LogP contribution is 2.44. The van der Waals surface area contributed by atoms with Crippen molar-refractivity contribution in [2.45, 2.75) is 12.6 Å². The van der Waals surface area contributed by atoms with Gasteiger partial charge in [-0.25, -0.2) is 0 Å². The van der Waals surface area contributed by atoms with E-state index in [0.717, 1.165) is 4.88 Å². The molecule has 0 radical (unpaired) electrons. The van der Waals surface area contributed by atoms with Crippen molar-refractivity contribution in [2.75, 3.05) is 14.2 Å². The van der Waals surface area contributed by atoms with Crippen LogP contribution < -0.4 is 14.2 Å². The minimum absolute atomic E-state index is 0.0760. The maximum Gasteiger partial charge on any atom is 0.295 e. The Morgan fingerprint density at radius 2 is 1.67 bits per heavy atom. The largest absolute Gasteiger partial charge is 0.507 e. The third-order valence-corrected chi connectivity index (χ3v) is 7.48. The molecule has 3 aromatic carbocycles. The summed E-state index contributed by atoms with van der Waals surface area (Å²) in [6.07, 6.45) is 0. The predicted octanol–water partition coefficient (Wildman–Crippen LogP) is 6.83. The fourth-order valence-corrected chi connectivity index (χ4v) is 5.47. The topological polar surface area (TPSA) is 85.3 Å². The van der Waals surface area contributed by atoms with E-state index in [4.69, 9.17) is 25.8 Å². The summed E-state index contributed by atoms with van der Waals surface area (Å²) in [7, 11) is 2.89. The quantitative estimate of drug-likeness (QED) is 0.144. The molecule has 1 N–H and O–H groups in total. The van der Waals surface area contributed by atoms with Gasteiger partial charge in [-0.1, -0.05) is 48.0 Å². The molecule has 9 heteroatoms. The number of para-hydroxylation sites is 1. The molecule has 0 saturated carbocycles. The molecule has 1 unspecified atom stereocenters. The summed E-state index contributed by atoms with van der Waals surface area (Å²) < 4.78 is 16.7. The van der Waals surface area contributed by atoms with Crippen molar-refractivity contribution in [3.8, 4) is 23.0 Å². The average Bonchev–Trinajstić information content (AvgIpc) is 3.55. The molecule has 1 aromatic heterocycles. The van der Waals surface area contributed by atoms with Gasteiger partial charge in [0.1, 0.15) is 28.8 Å². The Balaban J connectivity index is 1.66. The molecule has 1 aliphatic heterocycles. The maximum absolute atomic E-state index is 13.5. The highest BCUT2D eigenvalue weighted by molar-refractivity contribution is 7.09. The Bertz CT molecular complexity index is 1550. The molecule has 1 fully saturated rings. The Hall–Kier alpha value is -4.27. The normalized spacial score (nSPS) is 16.4. The van der Waals surface area contributed by atoms with E-state index >= 15 is 0 Å². The SMILES string of the molecule is COc1cc(OC)c(/C(O)=C2\C(=O)C(=O)N(Cc3cccs3)C2c2cccc(Oc3ccccc3)c2)cc1Cl. The first kappa shape index (κ1) is 26.3. The first-order valence-electron chi connectivity index (χ1n) is 12.0. The first-order valence-corrected chi connectivity index (χ1v) is 13.2. The number of aliphatic hydroxyl groups excluding tert-OH is 1. The van der Waals surface area contributed by atoms with Crippen molar-refractivity contribution in [1.82, 2.24) is 4.90 Å². The molecule has 1 atom stereocenters. The standard InChI is InChI=1S/C30H24ClNO6S/c1-36-24-16-25(37-2)23(31)15-22(24)28(33)26-27(32(30(35)29(26)34)17-21-12-7-13-39-21)18-8-6-11-20(14-18)38-19-9-4-3-5-10-19/h3-16,27,33H,17H2,1-2H3/b28-26+. The monoisotopic (exact) mass is 561 g/mol. The van der Waals surface area contributed by atoms with Crippen LogP contribution in [0.1, 0.15) is 22.0 Å². The third kappa shape index (κ3) is 5.21. The Morgan fingerprint density at radius 1 is 0.923 bits per heavy atom. The lowest BCUT2D eigenvalue weighted by atomic mass is 9.94. The van der Waals surface area contributed by atoms with Crippen LogP contribution in [0.3, 0.4) is 0 Å². The number of ketones is 1. The van der Waals surface area contributed by atoms with E-state index < -0.39 is 23.5 Å². The molecule has 0 aliphatic carbocycles. The highest BCUT2D eigenvalue weighted by Gasteiger charge is 2.46. The molecule has 5 rings (SSSR count). The van der Waals surface area contributed by atoms with E-state index in [1.165, 1.54) is 42.6 Å². The van der Waals surface area contributed by atoms with Gasteiger partial charge in [0.25, 0.3) is 11.7 Å². The molecule has 1 aliphatic rings. The first-order chi connectivity index (χ1) is 18.9. The fourth-order valence-electron chi connectivity index (χ4n) is 4.52. The van der Waals surface area contributed by atoms with Gasteiger partial charge < -0.3 is 24.2 Å². The van der Waals surface area contributed by atoms with Crippen LogP contribution in [0, 0.1) is 0 Å². The Labute approximate surface area is 234 Å². The number of amides is 1. The second-order valence-electron chi connectivity index (χ2n) is 8.68. The summed E-state index contributed by atoms with van der Waals surface area (Å²) in [6, 6.07) is 22.2. The lowest BCUT2D eigenvalue weighted by molar-refractivity contribution is -0.140. The lowest BCUT2D eigenvalue weighted by Crippen LogP contribution is -2.28. The number of rotatable bonds is 8. The van der Waals surface area contributed by atoms with Gasteiger partial charge in [0.05, 0.1) is 43.0 Å². The molecule has 1 amide bonds. The number of hydrogen-bond donors (Lipinski definition) is 1. The zero-order chi connectivity index (χ0) is 27.5. The minimum Gasteiger partial charge on any atom is -0.507 e. The molecule has 1 saturated heterocycles. The smallest absolute Gasteiger partial charge is 0.295 e. The number of carbonyl (C=O) groups is 2. The van der Waals surface area contributed by atoms with Gasteiger partial charge in [0.15, 0.2) is 0 Å². The number of benzene rings is 3. The molecule has 7 nitrogen and oxygen atoms in total. The summed E-state index contributed by atoms with van der Waals surface area (Å²) in [4.78, 5) is 29.2. The summed E-state index contributed by atoms with van der Waals surface area (Å²) in [5.74, 6) is -0.197. The molecule has 198 valence electrons. The third-order valence-electron chi connectivity index (χ3n) is 6.33. The van der Waals surface area contributed by atoms with Gasteiger partial charge >= 0.3 is 0 Å². The number of hydrogen-bond acceptors (Lipinski definition) is 7. The summed E-state index contributed by atoms with van der Waals surface area (Å²) >= 11 is 7.83. The Kier molecular flexibility index (Phi) is 7.58. The zero-order valence-corrected chi connectivity index (χ0v) is 22.7. The van der Waals surface area contributed by atoms with E-state index in [1.54, 1.807) is 24.3 Å². The molecule has 2 heterocycles. The number of Topliss-reactive ketones (excluding diaryl/α,β-unsaturated/α-hetero) is 1. The van der Waals surface area contributed by atoms with Crippen LogP contribution in [0.25, 0.3) is 5.76 Å². The van der Waals surface area contributed by atoms with Crippen LogP contribution in [0.5, 0.6) is 23.0 Å². The number of methoxy groups -OCH3 is 2. The second kappa shape index (κ2) is 11.2. The van der Waals surface area contributed by atoms with Crippen molar-refractivity contribution in [3.05, 3.63) is 111 Å². The van der Waals surface area contributed by atoms with Crippen LogP contribution in [-0.4, -0.2) is 35.9 Å². The number of nitrogens with zero attached hydrogens (tertiary/aromatic N) is 1. The van der Waals surface area contributed by atoms with Crippen LogP contribution in [0.2, 0.25) is 5.02 Å². The van der Waals surface area contributed by atoms with Gasteiger partial charge in [-0.2, -0.15) is 0 Å². The van der Waals surface area contributed by atoms with Gasteiger partial charge in [0.2, 0.25) is 0 Å². The summed E-state index contributed by atoms with van der Waals surface area (Å²) in [5.41, 5.74) is 0.686. The number of likely N-dealkylation sites (tertiary alicyclic amines) is 1. The molecule has 39 heavy (non-hydrogen) atoms. The van der Waals surface area contributed by atoms with E-state index in [1.807, 2.05) is 47.8 Å². The molecule has 0 bridgehead atoms. The van der Waals surface area contributed by atoms with E-state index in [9.17, 15) is 14.7 Å². The van der Waals surface area contributed by atoms with Gasteiger partial charge in [-0.05, 0) is 47.3 Å². The highest BCUT2D eigenvalue weighted by atomic mass is 35.5. The predicted molar refractivity (Wildman–Crippen MR) is 150 cm³/mol. The molecule has 4 aromatic rings. The molecule has 0 spiro atoms. The van der Waals surface area contributed by atoms with Crippen molar-refractivity contribution in [1.29, 1.82) is 0 Å². The van der Waals surface area contributed by atoms with E-state index in [0.29, 0.717) is 22.8 Å². The summed E-state index contributed by atoms with van der Waals surface area (Å²) in [6.45, 7) is 0.188. The van der Waals surface area contributed by atoms with Crippen LogP contribution >= 0.6 is 22.9 Å². The number of carbonyl (C=O) groups excluding carboxylic acids is 2. The number of aliphatic hydroxyl groups is 1. The number of thiophene rings is 1. The van der Waals surface area contributed by atoms with Crippen LogP contribution in [0.15, 0.2) is 89.8 Å². The molecular weight excluding hydrogens is 538 g/mol. The van der Waals surface area contributed by atoms with Crippen LogP contribution in [0.4, 0.5) is 0 Å².